The number of hydrogen-bond donors (Lipinski definition) is 1. The Morgan fingerprint density at radius 3 is 1.39 bits per heavy atom. The van der Waals surface area contributed by atoms with Gasteiger partial charge < -0.3 is 5.32 Å². The minimum atomic E-state index is 0.973. The van der Waals surface area contributed by atoms with Crippen molar-refractivity contribution in [2.45, 2.75) is 91.4 Å². The SMILES string of the molecule is CC1CCNCC1.CCCCCCCCCCC. The van der Waals surface area contributed by atoms with Crippen LogP contribution >= 0.6 is 0 Å². The summed E-state index contributed by atoms with van der Waals surface area (Å²) in [5.74, 6) is 0.973. The van der Waals surface area contributed by atoms with E-state index in [1.54, 1.807) is 0 Å². The fraction of sp³-hybridized carbons (Fsp3) is 1.00. The van der Waals surface area contributed by atoms with E-state index >= 15 is 0 Å². The zero-order valence-electron chi connectivity index (χ0n) is 13.3. The second-order valence-electron chi connectivity index (χ2n) is 5.91. The fourth-order valence-electron chi connectivity index (χ4n) is 2.35. The molecule has 18 heavy (non-hydrogen) atoms. The van der Waals surface area contributed by atoms with Gasteiger partial charge in [-0.3, -0.25) is 0 Å². The Labute approximate surface area is 116 Å². The van der Waals surface area contributed by atoms with E-state index in [-0.39, 0.29) is 0 Å². The van der Waals surface area contributed by atoms with Gasteiger partial charge in [-0.15, -0.1) is 0 Å². The van der Waals surface area contributed by atoms with Crippen LogP contribution < -0.4 is 5.32 Å². The molecule has 0 radical (unpaired) electrons. The molecule has 0 aromatic heterocycles. The van der Waals surface area contributed by atoms with E-state index in [1.165, 1.54) is 83.7 Å². The van der Waals surface area contributed by atoms with Crippen molar-refractivity contribution in [2.75, 3.05) is 13.1 Å². The molecule has 110 valence electrons. The summed E-state index contributed by atoms with van der Waals surface area (Å²) in [5, 5.41) is 3.32. The molecule has 1 fully saturated rings. The number of unbranched alkanes of at least 4 members (excludes halogenated alkanes) is 8. The van der Waals surface area contributed by atoms with E-state index in [1.807, 2.05) is 0 Å². The summed E-state index contributed by atoms with van der Waals surface area (Å²) in [4.78, 5) is 0. The predicted octanol–water partition coefficient (Wildman–Crippen LogP) is 5.54. The Bertz CT molecular complexity index is 131. The van der Waals surface area contributed by atoms with Crippen molar-refractivity contribution in [2.24, 2.45) is 5.92 Å². The van der Waals surface area contributed by atoms with E-state index < -0.39 is 0 Å². The van der Waals surface area contributed by atoms with Crippen LogP contribution in [0.4, 0.5) is 0 Å². The lowest BCUT2D eigenvalue weighted by molar-refractivity contribution is 0.402. The van der Waals surface area contributed by atoms with Crippen molar-refractivity contribution in [1.29, 1.82) is 0 Å². The molecule has 1 saturated heterocycles. The second-order valence-corrected chi connectivity index (χ2v) is 5.91. The first-order chi connectivity index (χ1) is 8.81. The van der Waals surface area contributed by atoms with E-state index in [0.717, 1.165) is 5.92 Å². The van der Waals surface area contributed by atoms with Gasteiger partial charge in [-0.1, -0.05) is 78.6 Å². The average molecular weight is 255 g/mol. The first-order valence-electron chi connectivity index (χ1n) is 8.52. The average Bonchev–Trinajstić information content (AvgIpc) is 2.39. The van der Waals surface area contributed by atoms with E-state index in [4.69, 9.17) is 0 Å². The van der Waals surface area contributed by atoms with Crippen LogP contribution in [-0.2, 0) is 0 Å². The lowest BCUT2D eigenvalue weighted by Crippen LogP contribution is -2.26. The summed E-state index contributed by atoms with van der Waals surface area (Å²) in [6, 6.07) is 0. The summed E-state index contributed by atoms with van der Waals surface area (Å²) in [6.45, 7) is 9.34. The van der Waals surface area contributed by atoms with Crippen LogP contribution in [-0.4, -0.2) is 13.1 Å². The van der Waals surface area contributed by atoms with Gasteiger partial charge in [0.1, 0.15) is 0 Å². The van der Waals surface area contributed by atoms with Gasteiger partial charge in [0.25, 0.3) is 0 Å². The molecule has 0 spiro atoms. The normalized spacial score (nSPS) is 16.2. The molecule has 0 amide bonds. The standard InChI is InChI=1S/C11H24.C6H13N/c1-3-5-7-9-11-10-8-6-4-2;1-6-2-4-7-5-3-6/h3-11H2,1-2H3;6-7H,2-5H2,1H3. The van der Waals surface area contributed by atoms with Gasteiger partial charge in [-0.05, 0) is 31.8 Å². The predicted molar refractivity (Wildman–Crippen MR) is 84.2 cm³/mol. The quantitative estimate of drug-likeness (QED) is 0.561. The molecule has 0 aromatic carbocycles. The Balaban J connectivity index is 0.000000351. The van der Waals surface area contributed by atoms with Gasteiger partial charge in [0.2, 0.25) is 0 Å². The Kier molecular flexibility index (Phi) is 15.0. The van der Waals surface area contributed by atoms with Gasteiger partial charge in [0, 0.05) is 0 Å². The minimum absolute atomic E-state index is 0.973. The summed E-state index contributed by atoms with van der Waals surface area (Å²) in [5.41, 5.74) is 0. The van der Waals surface area contributed by atoms with Crippen molar-refractivity contribution in [3.63, 3.8) is 0 Å². The largest absolute Gasteiger partial charge is 0.317 e. The summed E-state index contributed by atoms with van der Waals surface area (Å²) < 4.78 is 0. The Morgan fingerprint density at radius 1 is 0.722 bits per heavy atom. The molecule has 0 unspecified atom stereocenters. The molecule has 1 aliphatic heterocycles. The Morgan fingerprint density at radius 2 is 1.11 bits per heavy atom. The third-order valence-corrected chi connectivity index (χ3v) is 3.83. The number of hydrogen-bond acceptors (Lipinski definition) is 1. The molecule has 1 heterocycles. The highest BCUT2D eigenvalue weighted by Crippen LogP contribution is 2.09. The maximum Gasteiger partial charge on any atom is -0.00464 e. The van der Waals surface area contributed by atoms with Crippen LogP contribution in [0.25, 0.3) is 0 Å². The smallest absolute Gasteiger partial charge is 0.00464 e. The van der Waals surface area contributed by atoms with Gasteiger partial charge in [0.15, 0.2) is 0 Å². The fourth-order valence-corrected chi connectivity index (χ4v) is 2.35. The molecule has 1 heteroatoms. The third kappa shape index (κ3) is 14.0. The first kappa shape index (κ1) is 18.0. The first-order valence-corrected chi connectivity index (χ1v) is 8.52. The highest BCUT2D eigenvalue weighted by atomic mass is 14.9. The Hall–Kier alpha value is -0.0400. The summed E-state index contributed by atoms with van der Waals surface area (Å²) in [7, 11) is 0. The molecular formula is C17H37N. The van der Waals surface area contributed by atoms with E-state index in [2.05, 4.69) is 26.1 Å². The van der Waals surface area contributed by atoms with Crippen LogP contribution in [0.15, 0.2) is 0 Å². The zero-order chi connectivity index (χ0) is 13.5. The maximum absolute atomic E-state index is 3.32. The van der Waals surface area contributed by atoms with Gasteiger partial charge >= 0.3 is 0 Å². The van der Waals surface area contributed by atoms with Crippen LogP contribution in [0.2, 0.25) is 0 Å². The van der Waals surface area contributed by atoms with Gasteiger partial charge in [-0.2, -0.15) is 0 Å². The lowest BCUT2D eigenvalue weighted by Gasteiger charge is -2.17. The van der Waals surface area contributed by atoms with Crippen molar-refractivity contribution >= 4 is 0 Å². The molecule has 1 aliphatic rings. The lowest BCUT2D eigenvalue weighted by atomic mass is 10.0. The summed E-state index contributed by atoms with van der Waals surface area (Å²) in [6.07, 6.45) is 15.7. The highest BCUT2D eigenvalue weighted by molar-refractivity contribution is 4.62. The molecule has 0 aliphatic carbocycles. The van der Waals surface area contributed by atoms with Crippen LogP contribution in [0.3, 0.4) is 0 Å². The molecule has 0 aromatic rings. The number of piperidine rings is 1. The molecular weight excluding hydrogens is 218 g/mol. The molecule has 1 N–H and O–H groups in total. The molecule has 0 bridgehead atoms. The van der Waals surface area contributed by atoms with Gasteiger partial charge in [0.05, 0.1) is 0 Å². The molecule has 0 saturated carbocycles. The van der Waals surface area contributed by atoms with Crippen molar-refractivity contribution in [3.8, 4) is 0 Å². The van der Waals surface area contributed by atoms with Crippen LogP contribution in [0, 0.1) is 5.92 Å². The number of rotatable bonds is 8. The maximum atomic E-state index is 3.32. The van der Waals surface area contributed by atoms with Gasteiger partial charge in [-0.25, -0.2) is 0 Å². The number of nitrogens with one attached hydrogen (secondary N) is 1. The third-order valence-electron chi connectivity index (χ3n) is 3.83. The van der Waals surface area contributed by atoms with Crippen molar-refractivity contribution < 1.29 is 0 Å². The molecule has 0 atom stereocenters. The van der Waals surface area contributed by atoms with Crippen molar-refractivity contribution in [1.82, 2.24) is 5.32 Å². The van der Waals surface area contributed by atoms with Crippen LogP contribution in [0.1, 0.15) is 91.4 Å². The monoisotopic (exact) mass is 255 g/mol. The summed E-state index contributed by atoms with van der Waals surface area (Å²) >= 11 is 0. The van der Waals surface area contributed by atoms with Crippen LogP contribution in [0.5, 0.6) is 0 Å². The molecule has 1 nitrogen and oxygen atoms in total. The topological polar surface area (TPSA) is 12.0 Å². The zero-order valence-corrected chi connectivity index (χ0v) is 13.3. The van der Waals surface area contributed by atoms with E-state index in [0.29, 0.717) is 0 Å². The van der Waals surface area contributed by atoms with Crippen molar-refractivity contribution in [3.05, 3.63) is 0 Å². The highest BCUT2D eigenvalue weighted by Gasteiger charge is 2.05. The minimum Gasteiger partial charge on any atom is -0.317 e. The van der Waals surface area contributed by atoms with E-state index in [9.17, 15) is 0 Å². The second kappa shape index (κ2) is 15.0. The molecule has 1 rings (SSSR count).